The molecule has 8 heteroatoms. The molecule has 1 amide bonds. The van der Waals surface area contributed by atoms with Crippen molar-refractivity contribution < 1.29 is 27.8 Å². The number of ether oxygens (including phenoxy) is 2. The molecule has 0 aliphatic rings. The number of esters is 1. The summed E-state index contributed by atoms with van der Waals surface area (Å²) in [7, 11) is 1.57. The third-order valence-corrected chi connectivity index (χ3v) is 4.76. The van der Waals surface area contributed by atoms with Crippen LogP contribution in [0.4, 0.5) is 8.78 Å². The molecule has 0 fully saturated rings. The maximum Gasteiger partial charge on any atom is 0.307 e. The lowest BCUT2D eigenvalue weighted by Crippen LogP contribution is -2.35. The summed E-state index contributed by atoms with van der Waals surface area (Å²) in [5.74, 6) is -1.75. The third kappa shape index (κ3) is 6.84. The monoisotopic (exact) mass is 409 g/mol. The van der Waals surface area contributed by atoms with Crippen LogP contribution in [0.1, 0.15) is 18.9 Å². The third-order valence-electron chi connectivity index (χ3n) is 3.77. The van der Waals surface area contributed by atoms with E-state index < -0.39 is 29.6 Å². The highest BCUT2D eigenvalue weighted by Gasteiger charge is 2.17. The van der Waals surface area contributed by atoms with Crippen molar-refractivity contribution in [1.29, 1.82) is 0 Å². The van der Waals surface area contributed by atoms with Crippen molar-refractivity contribution in [2.75, 3.05) is 12.9 Å². The topological polar surface area (TPSA) is 64.6 Å². The number of carbonyl (C=O) groups is 2. The first-order valence-electron chi connectivity index (χ1n) is 8.57. The van der Waals surface area contributed by atoms with Crippen LogP contribution < -0.4 is 10.1 Å². The van der Waals surface area contributed by atoms with Gasteiger partial charge in [-0.05, 0) is 42.8 Å². The van der Waals surface area contributed by atoms with E-state index in [0.29, 0.717) is 17.2 Å². The van der Waals surface area contributed by atoms with E-state index in [0.717, 1.165) is 23.4 Å². The number of rotatable bonds is 9. The fourth-order valence-electron chi connectivity index (χ4n) is 2.20. The normalized spacial score (nSPS) is 11.6. The van der Waals surface area contributed by atoms with Gasteiger partial charge in [0.1, 0.15) is 5.75 Å². The fourth-order valence-corrected chi connectivity index (χ4v) is 3.06. The summed E-state index contributed by atoms with van der Waals surface area (Å²) in [6, 6.07) is 10.8. The van der Waals surface area contributed by atoms with Crippen LogP contribution in [0.5, 0.6) is 5.75 Å². The molecule has 0 aromatic heterocycles. The zero-order chi connectivity index (χ0) is 20.5. The van der Waals surface area contributed by atoms with Crippen molar-refractivity contribution in [1.82, 2.24) is 5.32 Å². The molecule has 0 aliphatic heterocycles. The Bertz CT molecular complexity index is 814. The smallest absolute Gasteiger partial charge is 0.307 e. The average molecular weight is 409 g/mol. The molecular formula is C20H21F2NO4S. The van der Waals surface area contributed by atoms with Crippen molar-refractivity contribution in [3.05, 3.63) is 59.7 Å². The number of amides is 1. The molecule has 2 rings (SSSR count). The Morgan fingerprint density at radius 3 is 2.46 bits per heavy atom. The van der Waals surface area contributed by atoms with Crippen LogP contribution >= 0.6 is 11.8 Å². The van der Waals surface area contributed by atoms with E-state index in [1.54, 1.807) is 19.2 Å². The molecule has 150 valence electrons. The van der Waals surface area contributed by atoms with Crippen molar-refractivity contribution in [3.63, 3.8) is 0 Å². The van der Waals surface area contributed by atoms with Crippen LogP contribution in [0.3, 0.4) is 0 Å². The molecule has 0 bridgehead atoms. The van der Waals surface area contributed by atoms with Gasteiger partial charge in [0.2, 0.25) is 0 Å². The molecule has 28 heavy (non-hydrogen) atoms. The number of hydrogen-bond donors (Lipinski definition) is 1. The van der Waals surface area contributed by atoms with Gasteiger partial charge in [-0.15, -0.1) is 11.8 Å². The lowest BCUT2D eigenvalue weighted by Gasteiger charge is -2.13. The molecule has 0 radical (unpaired) electrons. The molecule has 0 heterocycles. The molecule has 5 nitrogen and oxygen atoms in total. The number of thioether (sulfide) groups is 1. The van der Waals surface area contributed by atoms with Crippen molar-refractivity contribution in [2.24, 2.45) is 0 Å². The molecule has 1 atom stereocenters. The maximum absolute atomic E-state index is 13.1. The Morgan fingerprint density at radius 2 is 1.82 bits per heavy atom. The Morgan fingerprint density at radius 1 is 1.11 bits per heavy atom. The van der Waals surface area contributed by atoms with Crippen LogP contribution in [0.15, 0.2) is 47.4 Å². The van der Waals surface area contributed by atoms with Crippen LogP contribution in [-0.2, 0) is 20.9 Å². The first-order valence-corrected chi connectivity index (χ1v) is 9.55. The van der Waals surface area contributed by atoms with Gasteiger partial charge in [0.05, 0.1) is 13.5 Å². The van der Waals surface area contributed by atoms with Gasteiger partial charge in [-0.1, -0.05) is 12.1 Å². The highest BCUT2D eigenvalue weighted by Crippen LogP contribution is 2.21. The first-order chi connectivity index (χ1) is 13.4. The standard InChI is InChI=1S/C20H21F2NO4S/c1-13(20(25)23-12-14-3-5-15(26-2)6-4-14)27-19(24)9-10-28-16-7-8-17(21)18(22)11-16/h3-8,11,13H,9-10,12H2,1-2H3,(H,23,25)/t13-/m0/s1. The molecule has 0 unspecified atom stereocenters. The number of carbonyl (C=O) groups excluding carboxylic acids is 2. The Kier molecular flexibility index (Phi) is 8.25. The highest BCUT2D eigenvalue weighted by molar-refractivity contribution is 7.99. The lowest BCUT2D eigenvalue weighted by atomic mass is 10.2. The summed E-state index contributed by atoms with van der Waals surface area (Å²) in [4.78, 5) is 24.4. The zero-order valence-electron chi connectivity index (χ0n) is 15.5. The van der Waals surface area contributed by atoms with Gasteiger partial charge >= 0.3 is 5.97 Å². The summed E-state index contributed by atoms with van der Waals surface area (Å²) in [5.41, 5.74) is 0.885. The summed E-state index contributed by atoms with van der Waals surface area (Å²) in [5, 5.41) is 2.70. The summed E-state index contributed by atoms with van der Waals surface area (Å²) in [6.45, 7) is 1.79. The van der Waals surface area contributed by atoms with Gasteiger partial charge in [0, 0.05) is 17.2 Å². The number of halogens is 2. The van der Waals surface area contributed by atoms with E-state index in [-0.39, 0.29) is 6.42 Å². The maximum atomic E-state index is 13.1. The predicted octanol–water partition coefficient (Wildman–Crippen LogP) is 3.70. The van der Waals surface area contributed by atoms with Crippen LogP contribution in [0.2, 0.25) is 0 Å². The van der Waals surface area contributed by atoms with Crippen molar-refractivity contribution in [3.8, 4) is 5.75 Å². The predicted molar refractivity (Wildman–Crippen MR) is 102 cm³/mol. The number of nitrogens with one attached hydrogen (secondary N) is 1. The first kappa shape index (κ1) is 21.7. The van der Waals surface area contributed by atoms with Crippen LogP contribution in [-0.4, -0.2) is 30.8 Å². The number of benzene rings is 2. The van der Waals surface area contributed by atoms with E-state index >= 15 is 0 Å². The highest BCUT2D eigenvalue weighted by atomic mass is 32.2. The van der Waals surface area contributed by atoms with E-state index in [1.807, 2.05) is 12.1 Å². The Balaban J connectivity index is 1.69. The van der Waals surface area contributed by atoms with Gasteiger partial charge in [-0.3, -0.25) is 9.59 Å². The zero-order valence-corrected chi connectivity index (χ0v) is 16.4. The van der Waals surface area contributed by atoms with Gasteiger partial charge in [0.15, 0.2) is 17.7 Å². The molecule has 2 aromatic rings. The molecular weight excluding hydrogens is 388 g/mol. The minimum atomic E-state index is -0.935. The van der Waals surface area contributed by atoms with Crippen LogP contribution in [0.25, 0.3) is 0 Å². The van der Waals surface area contributed by atoms with Gasteiger partial charge < -0.3 is 14.8 Å². The van der Waals surface area contributed by atoms with E-state index in [1.165, 1.54) is 24.8 Å². The minimum absolute atomic E-state index is 0.0414. The van der Waals surface area contributed by atoms with E-state index in [2.05, 4.69) is 5.32 Å². The second-order valence-corrected chi connectivity index (χ2v) is 7.04. The molecule has 0 spiro atoms. The largest absolute Gasteiger partial charge is 0.497 e. The second kappa shape index (κ2) is 10.7. The molecule has 2 aromatic carbocycles. The second-order valence-electron chi connectivity index (χ2n) is 5.87. The van der Waals surface area contributed by atoms with Crippen molar-refractivity contribution >= 4 is 23.6 Å². The lowest BCUT2D eigenvalue weighted by molar-refractivity contribution is -0.154. The molecule has 0 saturated heterocycles. The fraction of sp³-hybridized carbons (Fsp3) is 0.300. The van der Waals surface area contributed by atoms with E-state index in [4.69, 9.17) is 9.47 Å². The molecule has 0 saturated carbocycles. The van der Waals surface area contributed by atoms with Gasteiger partial charge in [-0.2, -0.15) is 0 Å². The van der Waals surface area contributed by atoms with Crippen LogP contribution in [0, 0.1) is 11.6 Å². The number of hydrogen-bond acceptors (Lipinski definition) is 5. The van der Waals surface area contributed by atoms with Gasteiger partial charge in [0.25, 0.3) is 5.91 Å². The SMILES string of the molecule is COc1ccc(CNC(=O)[C@H](C)OC(=O)CCSc2ccc(F)c(F)c2)cc1. The summed E-state index contributed by atoms with van der Waals surface area (Å²) < 4.78 is 36.2. The van der Waals surface area contributed by atoms with Crippen molar-refractivity contribution in [2.45, 2.75) is 30.9 Å². The Hall–Kier alpha value is -2.61. The quantitative estimate of drug-likeness (QED) is 0.505. The molecule has 1 N–H and O–H groups in total. The summed E-state index contributed by atoms with van der Waals surface area (Å²) >= 11 is 1.20. The number of methoxy groups -OCH3 is 1. The average Bonchev–Trinajstić information content (AvgIpc) is 2.69. The minimum Gasteiger partial charge on any atom is -0.497 e. The Labute approximate surface area is 166 Å². The molecule has 0 aliphatic carbocycles. The van der Waals surface area contributed by atoms with Gasteiger partial charge in [-0.25, -0.2) is 8.78 Å². The van der Waals surface area contributed by atoms with E-state index in [9.17, 15) is 18.4 Å². The summed E-state index contributed by atoms with van der Waals surface area (Å²) in [6.07, 6.45) is -0.890.